The minimum Gasteiger partial charge on any atom is -0.481 e. The molecular weight excluding hydrogens is 284 g/mol. The average Bonchev–Trinajstić information content (AvgIpc) is 2.75. The van der Waals surface area contributed by atoms with Crippen LogP contribution in [-0.4, -0.2) is 16.1 Å². The summed E-state index contributed by atoms with van der Waals surface area (Å²) in [6.45, 7) is 2.61. The predicted molar refractivity (Wildman–Crippen MR) is 77.0 cm³/mol. The van der Waals surface area contributed by atoms with Gasteiger partial charge in [0.05, 0.1) is 13.0 Å². The molecule has 1 aromatic carbocycles. The minimum atomic E-state index is -0.830. The molecule has 19 heavy (non-hydrogen) atoms. The second-order valence-corrected chi connectivity index (χ2v) is 5.85. The molecule has 2 aromatic rings. The Morgan fingerprint density at radius 3 is 2.95 bits per heavy atom. The molecule has 0 amide bonds. The highest BCUT2D eigenvalue weighted by atomic mass is 35.5. The molecule has 0 aliphatic carbocycles. The van der Waals surface area contributed by atoms with Gasteiger partial charge in [0.2, 0.25) is 0 Å². The fourth-order valence-corrected chi connectivity index (χ4v) is 2.61. The number of thiazole rings is 1. The van der Waals surface area contributed by atoms with Crippen LogP contribution in [0.4, 0.5) is 5.69 Å². The predicted octanol–water partition coefficient (Wildman–Crippen LogP) is 3.34. The van der Waals surface area contributed by atoms with Crippen molar-refractivity contribution in [3.63, 3.8) is 0 Å². The van der Waals surface area contributed by atoms with Crippen LogP contribution in [0, 0.1) is 6.92 Å². The maximum absolute atomic E-state index is 10.7. The normalized spacial score (nSPS) is 10.4. The van der Waals surface area contributed by atoms with Gasteiger partial charge in [-0.2, -0.15) is 0 Å². The number of aliphatic carboxylic acids is 1. The maximum atomic E-state index is 10.7. The van der Waals surface area contributed by atoms with E-state index in [1.54, 1.807) is 6.20 Å². The van der Waals surface area contributed by atoms with Crippen molar-refractivity contribution in [2.24, 2.45) is 0 Å². The molecular formula is C13H13ClN2O2S. The Morgan fingerprint density at radius 1 is 1.53 bits per heavy atom. The van der Waals surface area contributed by atoms with Crippen LogP contribution in [-0.2, 0) is 17.8 Å². The number of carbonyl (C=O) groups is 1. The van der Waals surface area contributed by atoms with E-state index >= 15 is 0 Å². The highest BCUT2D eigenvalue weighted by Crippen LogP contribution is 2.21. The van der Waals surface area contributed by atoms with Crippen molar-refractivity contribution in [2.75, 3.05) is 5.32 Å². The van der Waals surface area contributed by atoms with E-state index in [2.05, 4.69) is 10.3 Å². The Hall–Kier alpha value is -1.59. The Morgan fingerprint density at radius 2 is 2.32 bits per heavy atom. The van der Waals surface area contributed by atoms with Crippen LogP contribution in [0.5, 0.6) is 0 Å². The first-order valence-electron chi connectivity index (χ1n) is 5.70. The highest BCUT2D eigenvalue weighted by molar-refractivity contribution is 7.15. The molecule has 0 atom stereocenters. The third-order valence-corrected chi connectivity index (χ3v) is 3.75. The van der Waals surface area contributed by atoms with E-state index in [0.29, 0.717) is 11.0 Å². The molecule has 1 aromatic heterocycles. The van der Waals surface area contributed by atoms with Crippen LogP contribution in [0.3, 0.4) is 0 Å². The number of anilines is 1. The molecule has 1 heterocycles. The summed E-state index contributed by atoms with van der Waals surface area (Å²) in [5.74, 6) is -0.830. The van der Waals surface area contributed by atoms with E-state index in [-0.39, 0.29) is 6.42 Å². The molecule has 6 heteroatoms. The molecule has 0 fully saturated rings. The van der Waals surface area contributed by atoms with E-state index in [1.807, 2.05) is 25.1 Å². The lowest BCUT2D eigenvalue weighted by Gasteiger charge is -2.10. The molecule has 0 saturated heterocycles. The fourth-order valence-electron chi connectivity index (χ4n) is 1.69. The van der Waals surface area contributed by atoms with Crippen LogP contribution in [0.2, 0.25) is 4.47 Å². The standard InChI is InChI=1S/C13H13ClN2O2S/c1-8-2-3-9(5-12(17)18)4-11(8)15-6-10-7-16-13(14)19-10/h2-4,7,15H,5-6H2,1H3,(H,17,18). The van der Waals surface area contributed by atoms with E-state index in [0.717, 1.165) is 21.7 Å². The lowest BCUT2D eigenvalue weighted by molar-refractivity contribution is -0.136. The summed E-state index contributed by atoms with van der Waals surface area (Å²) in [5.41, 5.74) is 2.79. The largest absolute Gasteiger partial charge is 0.481 e. The van der Waals surface area contributed by atoms with Gasteiger partial charge in [0, 0.05) is 16.8 Å². The van der Waals surface area contributed by atoms with Gasteiger partial charge in [-0.05, 0) is 24.1 Å². The molecule has 4 nitrogen and oxygen atoms in total. The van der Waals surface area contributed by atoms with Crippen LogP contribution < -0.4 is 5.32 Å². The van der Waals surface area contributed by atoms with Gasteiger partial charge in [0.15, 0.2) is 4.47 Å². The van der Waals surface area contributed by atoms with Gasteiger partial charge >= 0.3 is 5.97 Å². The van der Waals surface area contributed by atoms with Crippen molar-refractivity contribution in [1.82, 2.24) is 4.98 Å². The smallest absolute Gasteiger partial charge is 0.307 e. The lowest BCUT2D eigenvalue weighted by atomic mass is 10.1. The van der Waals surface area contributed by atoms with Gasteiger partial charge in [0.25, 0.3) is 0 Å². The summed E-state index contributed by atoms with van der Waals surface area (Å²) in [7, 11) is 0. The van der Waals surface area contributed by atoms with Gasteiger partial charge in [-0.3, -0.25) is 4.79 Å². The van der Waals surface area contributed by atoms with Crippen LogP contribution in [0.25, 0.3) is 0 Å². The monoisotopic (exact) mass is 296 g/mol. The van der Waals surface area contributed by atoms with Crippen molar-refractivity contribution >= 4 is 34.6 Å². The summed E-state index contributed by atoms with van der Waals surface area (Å²) >= 11 is 7.20. The van der Waals surface area contributed by atoms with E-state index in [9.17, 15) is 4.79 Å². The number of rotatable bonds is 5. The number of aryl methyl sites for hydroxylation is 1. The van der Waals surface area contributed by atoms with Crippen molar-refractivity contribution in [1.29, 1.82) is 0 Å². The quantitative estimate of drug-likeness (QED) is 0.888. The van der Waals surface area contributed by atoms with Crippen molar-refractivity contribution in [2.45, 2.75) is 19.9 Å². The number of nitrogens with one attached hydrogen (secondary N) is 1. The lowest BCUT2D eigenvalue weighted by Crippen LogP contribution is -2.03. The van der Waals surface area contributed by atoms with E-state index in [4.69, 9.17) is 16.7 Å². The SMILES string of the molecule is Cc1ccc(CC(=O)O)cc1NCc1cnc(Cl)s1. The number of hydrogen-bond donors (Lipinski definition) is 2. The molecule has 0 saturated carbocycles. The van der Waals surface area contributed by atoms with E-state index < -0.39 is 5.97 Å². The second kappa shape index (κ2) is 6.04. The maximum Gasteiger partial charge on any atom is 0.307 e. The summed E-state index contributed by atoms with van der Waals surface area (Å²) in [6.07, 6.45) is 1.76. The van der Waals surface area contributed by atoms with Gasteiger partial charge in [-0.25, -0.2) is 4.98 Å². The first-order valence-corrected chi connectivity index (χ1v) is 6.89. The van der Waals surface area contributed by atoms with Crippen molar-refractivity contribution < 1.29 is 9.90 Å². The van der Waals surface area contributed by atoms with Gasteiger partial charge < -0.3 is 10.4 Å². The Labute approximate surface area is 120 Å². The summed E-state index contributed by atoms with van der Waals surface area (Å²) in [4.78, 5) is 15.7. The van der Waals surface area contributed by atoms with Gasteiger partial charge in [0.1, 0.15) is 0 Å². The third-order valence-electron chi connectivity index (χ3n) is 2.64. The second-order valence-electron chi connectivity index (χ2n) is 4.15. The molecule has 0 aliphatic rings. The Balaban J connectivity index is 2.08. The third kappa shape index (κ3) is 3.94. The first-order chi connectivity index (χ1) is 9.04. The zero-order chi connectivity index (χ0) is 13.8. The molecule has 2 N–H and O–H groups in total. The molecule has 100 valence electrons. The number of nitrogens with zero attached hydrogens (tertiary/aromatic N) is 1. The van der Waals surface area contributed by atoms with Crippen LogP contribution in [0.1, 0.15) is 16.0 Å². The zero-order valence-electron chi connectivity index (χ0n) is 10.3. The van der Waals surface area contributed by atoms with Crippen LogP contribution >= 0.6 is 22.9 Å². The topological polar surface area (TPSA) is 62.2 Å². The zero-order valence-corrected chi connectivity index (χ0v) is 11.9. The number of carboxylic acid groups (broad SMARTS) is 1. The highest BCUT2D eigenvalue weighted by Gasteiger charge is 2.05. The number of halogens is 1. The van der Waals surface area contributed by atoms with Crippen LogP contribution in [0.15, 0.2) is 24.4 Å². The summed E-state index contributed by atoms with van der Waals surface area (Å²) in [5, 5.41) is 12.1. The molecule has 0 unspecified atom stereocenters. The van der Waals surface area contributed by atoms with Gasteiger partial charge in [-0.1, -0.05) is 23.7 Å². The fraction of sp³-hybridized carbons (Fsp3) is 0.231. The minimum absolute atomic E-state index is 0.0291. The molecule has 0 spiro atoms. The Bertz CT molecular complexity index is 598. The van der Waals surface area contributed by atoms with Gasteiger partial charge in [-0.15, -0.1) is 11.3 Å². The first kappa shape index (κ1) is 13.8. The summed E-state index contributed by atoms with van der Waals surface area (Å²) in [6, 6.07) is 5.62. The molecule has 0 bridgehead atoms. The van der Waals surface area contributed by atoms with Crippen molar-refractivity contribution in [3.05, 3.63) is 44.9 Å². The van der Waals surface area contributed by atoms with E-state index in [1.165, 1.54) is 11.3 Å². The molecule has 0 radical (unpaired) electrons. The Kier molecular flexibility index (Phi) is 4.39. The average molecular weight is 297 g/mol. The number of carboxylic acids is 1. The molecule has 2 rings (SSSR count). The number of hydrogen-bond acceptors (Lipinski definition) is 4. The number of benzene rings is 1. The molecule has 0 aliphatic heterocycles. The number of aromatic nitrogens is 1. The summed E-state index contributed by atoms with van der Waals surface area (Å²) < 4.78 is 0.521. The van der Waals surface area contributed by atoms with Crippen molar-refractivity contribution in [3.8, 4) is 0 Å².